The smallest absolute Gasteiger partial charge is 0.180 e. The van der Waals surface area contributed by atoms with Crippen molar-refractivity contribution >= 4 is 5.78 Å². The lowest BCUT2D eigenvalue weighted by Crippen LogP contribution is -2.04. The van der Waals surface area contributed by atoms with E-state index in [-0.39, 0.29) is 5.78 Å². The van der Waals surface area contributed by atoms with Gasteiger partial charge in [0.15, 0.2) is 5.78 Å². The van der Waals surface area contributed by atoms with Crippen LogP contribution < -0.4 is 0 Å². The van der Waals surface area contributed by atoms with Crippen LogP contribution in [-0.4, -0.2) is 25.5 Å². The third-order valence-electron chi connectivity index (χ3n) is 2.47. The van der Waals surface area contributed by atoms with Crippen molar-refractivity contribution in [3.63, 3.8) is 0 Å². The van der Waals surface area contributed by atoms with E-state index in [4.69, 9.17) is 0 Å². The fraction of sp³-hybridized carbons (Fsp3) is 0.333. The van der Waals surface area contributed by atoms with Crippen LogP contribution >= 0.6 is 0 Å². The van der Waals surface area contributed by atoms with E-state index in [9.17, 15) is 4.79 Å². The van der Waals surface area contributed by atoms with Crippen molar-refractivity contribution in [2.24, 2.45) is 0 Å². The number of hydrogen-bond donors (Lipinski definition) is 0. The second-order valence-electron chi connectivity index (χ2n) is 3.80. The van der Waals surface area contributed by atoms with Gasteiger partial charge in [0.1, 0.15) is 17.3 Å². The quantitative estimate of drug-likeness (QED) is 0.755. The molecule has 0 fully saturated rings. The zero-order valence-electron chi connectivity index (χ0n) is 10.1. The molecule has 2 aromatic rings. The van der Waals surface area contributed by atoms with Gasteiger partial charge in [-0.05, 0) is 26.0 Å². The minimum absolute atomic E-state index is 0.0445. The molecule has 2 rings (SSSR count). The van der Waals surface area contributed by atoms with Crippen LogP contribution in [0.2, 0.25) is 0 Å². The third kappa shape index (κ3) is 2.22. The van der Waals surface area contributed by atoms with Gasteiger partial charge in [0, 0.05) is 6.42 Å². The Morgan fingerprint density at radius 3 is 2.59 bits per heavy atom. The summed E-state index contributed by atoms with van der Waals surface area (Å²) in [7, 11) is 0. The number of nitrogens with zero attached hydrogens (tertiary/aromatic N) is 4. The van der Waals surface area contributed by atoms with E-state index < -0.39 is 0 Å². The molecule has 17 heavy (non-hydrogen) atoms. The molecule has 0 bridgehead atoms. The van der Waals surface area contributed by atoms with Crippen molar-refractivity contribution in [1.29, 1.82) is 0 Å². The van der Waals surface area contributed by atoms with Crippen LogP contribution in [0.1, 0.15) is 35.5 Å². The highest BCUT2D eigenvalue weighted by Gasteiger charge is 2.08. The first-order valence-electron chi connectivity index (χ1n) is 5.51. The van der Waals surface area contributed by atoms with Gasteiger partial charge in [0.2, 0.25) is 0 Å². The lowest BCUT2D eigenvalue weighted by molar-refractivity contribution is 0.0983. The molecule has 5 nitrogen and oxygen atoms in total. The largest absolute Gasteiger partial charge is 0.292 e. The molecule has 0 aromatic carbocycles. The van der Waals surface area contributed by atoms with E-state index in [0.29, 0.717) is 12.1 Å². The average Bonchev–Trinajstić information content (AvgIpc) is 2.68. The van der Waals surface area contributed by atoms with Crippen LogP contribution in [0.5, 0.6) is 0 Å². The average molecular weight is 230 g/mol. The van der Waals surface area contributed by atoms with Crippen LogP contribution in [0.15, 0.2) is 18.3 Å². The first-order valence-corrected chi connectivity index (χ1v) is 5.51. The number of Topliss-reactive ketones (excluding diaryl/α,β-unsaturated/α-hetero) is 1. The van der Waals surface area contributed by atoms with E-state index >= 15 is 0 Å². The van der Waals surface area contributed by atoms with Crippen molar-refractivity contribution in [2.75, 3.05) is 0 Å². The standard InChI is InChI=1S/C12H14N4O/c1-4-12(17)11-6-5-10(7-13-11)16-9(3)14-8(2)15-16/h5-7H,4H2,1-3H3. The molecule has 0 saturated carbocycles. The monoisotopic (exact) mass is 230 g/mol. The molecule has 0 unspecified atom stereocenters. The van der Waals surface area contributed by atoms with Crippen molar-refractivity contribution in [1.82, 2.24) is 19.7 Å². The summed E-state index contributed by atoms with van der Waals surface area (Å²) in [5.41, 5.74) is 1.31. The van der Waals surface area contributed by atoms with E-state index in [1.807, 2.05) is 26.8 Å². The Morgan fingerprint density at radius 2 is 2.12 bits per heavy atom. The second kappa shape index (κ2) is 4.45. The van der Waals surface area contributed by atoms with Crippen molar-refractivity contribution in [3.05, 3.63) is 35.7 Å². The molecule has 0 radical (unpaired) electrons. The maximum Gasteiger partial charge on any atom is 0.180 e. The number of rotatable bonds is 3. The minimum Gasteiger partial charge on any atom is -0.292 e. The van der Waals surface area contributed by atoms with Gasteiger partial charge in [-0.25, -0.2) is 9.67 Å². The van der Waals surface area contributed by atoms with E-state index in [2.05, 4.69) is 15.1 Å². The molecule has 5 heteroatoms. The number of aromatic nitrogens is 4. The number of carbonyl (C=O) groups excluding carboxylic acids is 1. The molecular formula is C12H14N4O. The van der Waals surface area contributed by atoms with Gasteiger partial charge < -0.3 is 0 Å². The summed E-state index contributed by atoms with van der Waals surface area (Å²) in [6, 6.07) is 3.55. The first-order chi connectivity index (χ1) is 8.11. The summed E-state index contributed by atoms with van der Waals surface area (Å²) in [6.45, 7) is 5.54. The molecule has 0 spiro atoms. The topological polar surface area (TPSA) is 60.7 Å². The lowest BCUT2D eigenvalue weighted by Gasteiger charge is -2.03. The number of pyridine rings is 1. The number of aryl methyl sites for hydroxylation is 2. The molecule has 2 aromatic heterocycles. The normalized spacial score (nSPS) is 10.5. The molecule has 0 amide bonds. The van der Waals surface area contributed by atoms with Gasteiger partial charge in [-0.1, -0.05) is 6.92 Å². The number of ketones is 1. The van der Waals surface area contributed by atoms with Crippen LogP contribution in [0, 0.1) is 13.8 Å². The summed E-state index contributed by atoms with van der Waals surface area (Å²) in [5, 5.41) is 4.26. The molecule has 0 aliphatic rings. The Morgan fingerprint density at radius 1 is 1.35 bits per heavy atom. The van der Waals surface area contributed by atoms with E-state index in [1.165, 1.54) is 0 Å². The maximum absolute atomic E-state index is 11.4. The van der Waals surface area contributed by atoms with Crippen LogP contribution in [-0.2, 0) is 0 Å². The highest BCUT2D eigenvalue weighted by Crippen LogP contribution is 2.09. The Hall–Kier alpha value is -2.04. The molecule has 0 aliphatic heterocycles. The zero-order chi connectivity index (χ0) is 12.4. The summed E-state index contributed by atoms with van der Waals surface area (Å²) in [6.07, 6.45) is 2.11. The van der Waals surface area contributed by atoms with Crippen molar-refractivity contribution in [3.8, 4) is 5.69 Å². The lowest BCUT2D eigenvalue weighted by atomic mass is 10.2. The zero-order valence-corrected chi connectivity index (χ0v) is 10.1. The maximum atomic E-state index is 11.4. The Kier molecular flexibility index (Phi) is 2.99. The fourth-order valence-electron chi connectivity index (χ4n) is 1.62. The third-order valence-corrected chi connectivity index (χ3v) is 2.47. The summed E-state index contributed by atoms with van der Waals surface area (Å²) in [5.74, 6) is 1.57. The summed E-state index contributed by atoms with van der Waals surface area (Å²) < 4.78 is 1.71. The predicted molar refractivity (Wildman–Crippen MR) is 63.2 cm³/mol. The van der Waals surface area contributed by atoms with Crippen LogP contribution in [0.3, 0.4) is 0 Å². The SMILES string of the molecule is CCC(=O)c1ccc(-n2nc(C)nc2C)cn1. The first kappa shape index (κ1) is 11.4. The number of carbonyl (C=O) groups is 1. The van der Waals surface area contributed by atoms with E-state index in [1.54, 1.807) is 16.9 Å². The highest BCUT2D eigenvalue weighted by atomic mass is 16.1. The van der Waals surface area contributed by atoms with Gasteiger partial charge in [0.05, 0.1) is 11.9 Å². The van der Waals surface area contributed by atoms with E-state index in [0.717, 1.165) is 17.3 Å². The number of hydrogen-bond acceptors (Lipinski definition) is 4. The van der Waals surface area contributed by atoms with Gasteiger partial charge in [-0.2, -0.15) is 5.10 Å². The molecule has 0 aliphatic carbocycles. The van der Waals surface area contributed by atoms with Crippen molar-refractivity contribution < 1.29 is 4.79 Å². The van der Waals surface area contributed by atoms with Crippen LogP contribution in [0.25, 0.3) is 5.69 Å². The molecule has 0 atom stereocenters. The minimum atomic E-state index is 0.0445. The highest BCUT2D eigenvalue weighted by molar-refractivity contribution is 5.93. The van der Waals surface area contributed by atoms with Gasteiger partial charge >= 0.3 is 0 Å². The van der Waals surface area contributed by atoms with Crippen LogP contribution in [0.4, 0.5) is 0 Å². The van der Waals surface area contributed by atoms with Gasteiger partial charge in [-0.15, -0.1) is 0 Å². The second-order valence-corrected chi connectivity index (χ2v) is 3.80. The van der Waals surface area contributed by atoms with Gasteiger partial charge in [0.25, 0.3) is 0 Å². The fourth-order valence-corrected chi connectivity index (χ4v) is 1.62. The molecular weight excluding hydrogens is 216 g/mol. The molecule has 2 heterocycles. The predicted octanol–water partition coefficient (Wildman–Crippen LogP) is 1.87. The van der Waals surface area contributed by atoms with Crippen molar-refractivity contribution in [2.45, 2.75) is 27.2 Å². The van der Waals surface area contributed by atoms with Gasteiger partial charge in [-0.3, -0.25) is 9.78 Å². The Labute approximate surface area is 99.5 Å². The summed E-state index contributed by atoms with van der Waals surface area (Å²) in [4.78, 5) is 19.8. The molecule has 88 valence electrons. The molecule has 0 N–H and O–H groups in total. The Bertz CT molecular complexity index is 542. The Balaban J connectivity index is 2.35. The molecule has 0 saturated heterocycles. The summed E-state index contributed by atoms with van der Waals surface area (Å²) >= 11 is 0.